The Kier molecular flexibility index (Phi) is 5.21. The maximum atomic E-state index is 12.5. The van der Waals surface area contributed by atoms with Crippen LogP contribution in [0.3, 0.4) is 0 Å². The van der Waals surface area contributed by atoms with Crippen molar-refractivity contribution in [2.75, 3.05) is 5.32 Å². The molecular weight excluding hydrogens is 295 g/mol. The Labute approximate surface area is 119 Å². The van der Waals surface area contributed by atoms with Gasteiger partial charge in [0, 0.05) is 6.20 Å². The van der Waals surface area contributed by atoms with E-state index in [1.54, 1.807) is 6.92 Å². The monoisotopic (exact) mass is 309 g/mol. The summed E-state index contributed by atoms with van der Waals surface area (Å²) in [5.41, 5.74) is 4.31. The number of nitrogens with one attached hydrogen (secondary N) is 1. The van der Waals surface area contributed by atoms with Crippen LogP contribution in [0.25, 0.3) is 0 Å². The summed E-state index contributed by atoms with van der Waals surface area (Å²) in [5.74, 6) is -0.714. The Morgan fingerprint density at radius 1 is 1.55 bits per heavy atom. The molecule has 1 amide bonds. The molecule has 0 radical (unpaired) electrons. The number of halogens is 4. The fourth-order valence-corrected chi connectivity index (χ4v) is 1.80. The van der Waals surface area contributed by atoms with Crippen LogP contribution < -0.4 is 11.1 Å². The predicted molar refractivity (Wildman–Crippen MR) is 70.3 cm³/mol. The fraction of sp³-hybridized carbons (Fsp3) is 0.500. The molecule has 2 atom stereocenters. The minimum Gasteiger partial charge on any atom is -0.368 e. The molecule has 1 rings (SSSR count). The lowest BCUT2D eigenvalue weighted by molar-refractivity contribution is -0.137. The molecule has 0 bridgehead atoms. The summed E-state index contributed by atoms with van der Waals surface area (Å²) in [6, 6.07) is 0.00712. The van der Waals surface area contributed by atoms with Crippen LogP contribution in [-0.4, -0.2) is 16.9 Å². The van der Waals surface area contributed by atoms with E-state index in [2.05, 4.69) is 10.3 Å². The van der Waals surface area contributed by atoms with Crippen LogP contribution in [0, 0.1) is 5.92 Å². The summed E-state index contributed by atoms with van der Waals surface area (Å²) in [4.78, 5) is 15.0. The number of anilines is 1. The molecule has 0 saturated heterocycles. The molecule has 0 aliphatic heterocycles. The van der Waals surface area contributed by atoms with Crippen molar-refractivity contribution in [3.63, 3.8) is 0 Å². The Bertz CT molecular complexity index is 493. The molecule has 20 heavy (non-hydrogen) atoms. The SMILES string of the molecule is CC[C@H](C)[C@H](Nc1ncc(C(F)(F)F)cc1Cl)C(N)=O. The topological polar surface area (TPSA) is 68.0 Å². The molecule has 0 saturated carbocycles. The Hall–Kier alpha value is -1.50. The van der Waals surface area contributed by atoms with Crippen LogP contribution in [0.15, 0.2) is 12.3 Å². The maximum Gasteiger partial charge on any atom is 0.417 e. The summed E-state index contributed by atoms with van der Waals surface area (Å²) in [6.07, 6.45) is -3.20. The van der Waals surface area contributed by atoms with Crippen molar-refractivity contribution in [1.82, 2.24) is 4.98 Å². The zero-order valence-electron chi connectivity index (χ0n) is 11.0. The van der Waals surface area contributed by atoms with E-state index in [1.807, 2.05) is 6.92 Å². The number of nitrogens with two attached hydrogens (primary N) is 1. The van der Waals surface area contributed by atoms with Gasteiger partial charge in [0.15, 0.2) is 0 Å². The molecule has 8 heteroatoms. The van der Waals surface area contributed by atoms with Gasteiger partial charge in [-0.15, -0.1) is 0 Å². The molecule has 1 aromatic rings. The predicted octanol–water partition coefficient (Wildman–Crippen LogP) is 3.07. The van der Waals surface area contributed by atoms with Crippen LogP contribution in [0.5, 0.6) is 0 Å². The number of pyridine rings is 1. The molecule has 0 aliphatic rings. The standard InChI is InChI=1S/C12H15ClF3N3O/c1-3-6(2)9(10(17)20)19-11-8(13)4-7(5-18-11)12(14,15)16/h4-6,9H,3H2,1-2H3,(H2,17,20)(H,18,19)/t6-,9-/m0/s1. The molecule has 1 aromatic heterocycles. The summed E-state index contributed by atoms with van der Waals surface area (Å²) in [5, 5.41) is 2.48. The minimum absolute atomic E-state index is 0.00349. The van der Waals surface area contributed by atoms with Crippen molar-refractivity contribution >= 4 is 23.3 Å². The van der Waals surface area contributed by atoms with E-state index in [-0.39, 0.29) is 16.8 Å². The first-order valence-corrected chi connectivity index (χ1v) is 6.33. The zero-order valence-corrected chi connectivity index (χ0v) is 11.7. The minimum atomic E-state index is -4.52. The highest BCUT2D eigenvalue weighted by Gasteiger charge is 2.32. The van der Waals surface area contributed by atoms with Crippen LogP contribution in [0.1, 0.15) is 25.8 Å². The lowest BCUT2D eigenvalue weighted by atomic mass is 9.98. The van der Waals surface area contributed by atoms with Crippen LogP contribution >= 0.6 is 11.6 Å². The average Bonchev–Trinajstić information content (AvgIpc) is 2.34. The Morgan fingerprint density at radius 3 is 2.55 bits per heavy atom. The van der Waals surface area contributed by atoms with Crippen LogP contribution in [0.4, 0.5) is 19.0 Å². The number of alkyl halides is 3. The summed E-state index contributed by atoms with van der Waals surface area (Å²) >= 11 is 5.75. The van der Waals surface area contributed by atoms with E-state index < -0.39 is 23.7 Å². The van der Waals surface area contributed by atoms with Crippen LogP contribution in [0.2, 0.25) is 5.02 Å². The van der Waals surface area contributed by atoms with Gasteiger partial charge in [-0.05, 0) is 12.0 Å². The van der Waals surface area contributed by atoms with E-state index in [0.29, 0.717) is 12.6 Å². The third-order valence-corrected chi connectivity index (χ3v) is 3.27. The first-order chi connectivity index (χ1) is 9.16. The number of aromatic nitrogens is 1. The van der Waals surface area contributed by atoms with E-state index in [0.717, 1.165) is 6.07 Å². The molecule has 3 N–H and O–H groups in total. The molecular formula is C12H15ClF3N3O. The van der Waals surface area contributed by atoms with E-state index in [4.69, 9.17) is 17.3 Å². The molecule has 0 aliphatic carbocycles. The summed E-state index contributed by atoms with van der Waals surface area (Å²) in [7, 11) is 0. The fourth-order valence-electron chi connectivity index (χ4n) is 1.58. The quantitative estimate of drug-likeness (QED) is 0.878. The number of carbonyl (C=O) groups is 1. The van der Waals surface area contributed by atoms with Gasteiger partial charge in [0.05, 0.1) is 10.6 Å². The van der Waals surface area contributed by atoms with Crippen molar-refractivity contribution in [2.24, 2.45) is 11.7 Å². The second kappa shape index (κ2) is 6.30. The average molecular weight is 310 g/mol. The number of amides is 1. The molecule has 0 aromatic carbocycles. The number of carbonyl (C=O) groups excluding carboxylic acids is 1. The van der Waals surface area contributed by atoms with Crippen molar-refractivity contribution in [3.8, 4) is 0 Å². The normalized spacial score (nSPS) is 14.7. The van der Waals surface area contributed by atoms with Crippen LogP contribution in [-0.2, 0) is 11.0 Å². The number of hydrogen-bond acceptors (Lipinski definition) is 3. The third kappa shape index (κ3) is 4.00. The molecule has 112 valence electrons. The van der Waals surface area contributed by atoms with Gasteiger partial charge in [0.2, 0.25) is 5.91 Å². The highest BCUT2D eigenvalue weighted by molar-refractivity contribution is 6.33. The molecule has 1 heterocycles. The van der Waals surface area contributed by atoms with Gasteiger partial charge < -0.3 is 11.1 Å². The first kappa shape index (κ1) is 16.6. The van der Waals surface area contributed by atoms with E-state index in [1.165, 1.54) is 0 Å². The molecule has 0 spiro atoms. The molecule has 0 fully saturated rings. The number of rotatable bonds is 5. The lowest BCUT2D eigenvalue weighted by Gasteiger charge is -2.22. The smallest absolute Gasteiger partial charge is 0.368 e. The second-order valence-electron chi connectivity index (χ2n) is 4.46. The zero-order chi connectivity index (χ0) is 15.5. The highest BCUT2D eigenvalue weighted by atomic mass is 35.5. The largest absolute Gasteiger partial charge is 0.417 e. The number of hydrogen-bond donors (Lipinski definition) is 2. The van der Waals surface area contributed by atoms with Crippen molar-refractivity contribution < 1.29 is 18.0 Å². The van der Waals surface area contributed by atoms with Gasteiger partial charge in [0.25, 0.3) is 0 Å². The number of nitrogens with zero attached hydrogens (tertiary/aromatic N) is 1. The maximum absolute atomic E-state index is 12.5. The van der Waals surface area contributed by atoms with Gasteiger partial charge in [-0.25, -0.2) is 4.98 Å². The summed E-state index contributed by atoms with van der Waals surface area (Å²) in [6.45, 7) is 3.66. The van der Waals surface area contributed by atoms with Gasteiger partial charge in [-0.3, -0.25) is 4.79 Å². The molecule has 4 nitrogen and oxygen atoms in total. The lowest BCUT2D eigenvalue weighted by Crippen LogP contribution is -2.40. The van der Waals surface area contributed by atoms with E-state index in [9.17, 15) is 18.0 Å². The second-order valence-corrected chi connectivity index (χ2v) is 4.87. The van der Waals surface area contributed by atoms with Gasteiger partial charge >= 0.3 is 6.18 Å². The van der Waals surface area contributed by atoms with Gasteiger partial charge in [-0.2, -0.15) is 13.2 Å². The number of primary amides is 1. The van der Waals surface area contributed by atoms with E-state index >= 15 is 0 Å². The van der Waals surface area contributed by atoms with Gasteiger partial charge in [-0.1, -0.05) is 31.9 Å². The van der Waals surface area contributed by atoms with Crippen molar-refractivity contribution in [3.05, 3.63) is 22.8 Å². The highest BCUT2D eigenvalue weighted by Crippen LogP contribution is 2.32. The first-order valence-electron chi connectivity index (χ1n) is 5.95. The Morgan fingerprint density at radius 2 is 2.15 bits per heavy atom. The van der Waals surface area contributed by atoms with Crippen molar-refractivity contribution in [1.29, 1.82) is 0 Å². The third-order valence-electron chi connectivity index (χ3n) is 2.98. The molecule has 0 unspecified atom stereocenters. The summed E-state index contributed by atoms with van der Waals surface area (Å²) < 4.78 is 37.4. The Balaban J connectivity index is 3.00. The van der Waals surface area contributed by atoms with Gasteiger partial charge in [0.1, 0.15) is 11.9 Å². The van der Waals surface area contributed by atoms with Crippen molar-refractivity contribution in [2.45, 2.75) is 32.5 Å².